The van der Waals surface area contributed by atoms with E-state index in [-0.39, 0.29) is 5.91 Å². The molecule has 1 N–H and O–H groups in total. The van der Waals surface area contributed by atoms with Crippen LogP contribution in [0.1, 0.15) is 10.5 Å². The Hall–Kier alpha value is -1.20. The van der Waals surface area contributed by atoms with Crippen LogP contribution < -0.4 is 5.32 Å². The molecule has 90 valence electrons. The molecule has 6 heteroatoms. The molecule has 1 aromatic rings. The second-order valence-corrected chi connectivity index (χ2v) is 5.00. The van der Waals surface area contributed by atoms with E-state index in [0.717, 1.165) is 13.1 Å². The molecule has 5 nitrogen and oxygen atoms in total. The summed E-state index contributed by atoms with van der Waals surface area (Å²) in [6.45, 7) is 2.03. The summed E-state index contributed by atoms with van der Waals surface area (Å²) in [5, 5.41) is 3.61. The maximum absolute atomic E-state index is 12.1. The van der Waals surface area contributed by atoms with Gasteiger partial charge in [0.15, 0.2) is 0 Å². The summed E-state index contributed by atoms with van der Waals surface area (Å²) in [5.41, 5.74) is 0.356. The Balaban J connectivity index is 1.72. The number of halogens is 1. The van der Waals surface area contributed by atoms with Crippen molar-refractivity contribution in [2.24, 2.45) is 11.8 Å². The lowest BCUT2D eigenvalue weighted by molar-refractivity contribution is 0.0762. The molecule has 1 saturated carbocycles. The van der Waals surface area contributed by atoms with Gasteiger partial charge in [-0.05, 0) is 11.8 Å². The quantitative estimate of drug-likeness (QED) is 0.829. The molecule has 2 fully saturated rings. The maximum atomic E-state index is 12.1. The van der Waals surface area contributed by atoms with E-state index >= 15 is 0 Å². The lowest BCUT2D eigenvalue weighted by Gasteiger charge is -2.18. The van der Waals surface area contributed by atoms with Crippen molar-refractivity contribution >= 4 is 17.5 Å². The number of rotatable bonds is 2. The largest absolute Gasteiger partial charge is 0.337 e. The van der Waals surface area contributed by atoms with Crippen LogP contribution in [-0.2, 0) is 0 Å². The molecule has 1 unspecified atom stereocenters. The smallest absolute Gasteiger partial charge is 0.274 e. The Morgan fingerprint density at radius 1 is 1.41 bits per heavy atom. The fourth-order valence-corrected chi connectivity index (χ4v) is 2.80. The first-order valence-electron chi connectivity index (χ1n) is 5.64. The highest BCUT2D eigenvalue weighted by molar-refractivity contribution is 6.29. The number of carbonyl (C=O) groups excluding carboxylic acids is 1. The average Bonchev–Trinajstić information content (AvgIpc) is 2.81. The second-order valence-electron chi connectivity index (χ2n) is 4.62. The molecule has 3 atom stereocenters. The molecule has 0 spiro atoms. The summed E-state index contributed by atoms with van der Waals surface area (Å²) in [6.07, 6.45) is 2.83. The van der Waals surface area contributed by atoms with Gasteiger partial charge in [0, 0.05) is 26.2 Å². The third-order valence-electron chi connectivity index (χ3n) is 3.65. The Morgan fingerprint density at radius 2 is 2.12 bits per heavy atom. The summed E-state index contributed by atoms with van der Waals surface area (Å²) in [5.74, 6) is 1.15. The van der Waals surface area contributed by atoms with Crippen molar-refractivity contribution in [3.05, 3.63) is 23.2 Å². The van der Waals surface area contributed by atoms with Gasteiger partial charge in [-0.25, -0.2) is 9.97 Å². The van der Waals surface area contributed by atoms with Gasteiger partial charge in [0.25, 0.3) is 5.91 Å². The first-order valence-corrected chi connectivity index (χ1v) is 6.01. The Morgan fingerprint density at radius 3 is 2.71 bits per heavy atom. The average molecular weight is 253 g/mol. The standard InChI is InChI=1S/C11H13ClN4O/c1-16(10-6-2-13-3-7(6)10)11(17)8-4-15-9(12)5-14-8/h4-7,10,13H,2-3H2,1H3/t6-,7+,10?. The number of hydrogen-bond acceptors (Lipinski definition) is 4. The Bertz CT molecular complexity index is 439. The minimum Gasteiger partial charge on any atom is -0.337 e. The molecule has 1 aliphatic carbocycles. The zero-order valence-electron chi connectivity index (χ0n) is 9.43. The third-order valence-corrected chi connectivity index (χ3v) is 3.85. The van der Waals surface area contributed by atoms with Gasteiger partial charge in [-0.2, -0.15) is 0 Å². The van der Waals surface area contributed by atoms with Crippen molar-refractivity contribution in [2.75, 3.05) is 20.1 Å². The predicted octanol–water partition coefficient (Wildman–Crippen LogP) is 0.420. The van der Waals surface area contributed by atoms with Crippen LogP contribution in [-0.4, -0.2) is 47.0 Å². The topological polar surface area (TPSA) is 58.1 Å². The van der Waals surface area contributed by atoms with Gasteiger partial charge in [0.1, 0.15) is 10.8 Å². The summed E-state index contributed by atoms with van der Waals surface area (Å²) < 4.78 is 0. The molecule has 2 aliphatic rings. The van der Waals surface area contributed by atoms with E-state index in [0.29, 0.717) is 28.7 Å². The monoisotopic (exact) mass is 252 g/mol. The highest BCUT2D eigenvalue weighted by atomic mass is 35.5. The maximum Gasteiger partial charge on any atom is 0.274 e. The van der Waals surface area contributed by atoms with Crippen LogP contribution in [0.25, 0.3) is 0 Å². The van der Waals surface area contributed by atoms with Crippen LogP contribution in [0, 0.1) is 11.8 Å². The summed E-state index contributed by atoms with van der Waals surface area (Å²) >= 11 is 5.64. The van der Waals surface area contributed by atoms with Crippen molar-refractivity contribution < 1.29 is 4.79 Å². The van der Waals surface area contributed by atoms with E-state index in [1.807, 2.05) is 7.05 Å². The van der Waals surface area contributed by atoms with Crippen LogP contribution in [0.4, 0.5) is 0 Å². The van der Waals surface area contributed by atoms with E-state index < -0.39 is 0 Å². The van der Waals surface area contributed by atoms with Crippen LogP contribution in [0.3, 0.4) is 0 Å². The predicted molar refractivity (Wildman–Crippen MR) is 62.8 cm³/mol. The van der Waals surface area contributed by atoms with E-state index in [2.05, 4.69) is 15.3 Å². The van der Waals surface area contributed by atoms with Crippen molar-refractivity contribution in [3.8, 4) is 0 Å². The summed E-state index contributed by atoms with van der Waals surface area (Å²) in [4.78, 5) is 21.8. The van der Waals surface area contributed by atoms with Crippen molar-refractivity contribution in [3.63, 3.8) is 0 Å². The number of amides is 1. The van der Waals surface area contributed by atoms with Gasteiger partial charge in [-0.15, -0.1) is 0 Å². The van der Waals surface area contributed by atoms with Crippen molar-refractivity contribution in [1.82, 2.24) is 20.2 Å². The lowest BCUT2D eigenvalue weighted by atomic mass is 10.3. The highest BCUT2D eigenvalue weighted by Crippen LogP contribution is 2.45. The third kappa shape index (κ3) is 1.79. The van der Waals surface area contributed by atoms with E-state index in [1.165, 1.54) is 12.4 Å². The molecule has 1 aromatic heterocycles. The minimum atomic E-state index is -0.0754. The second kappa shape index (κ2) is 3.92. The molecule has 1 amide bonds. The highest BCUT2D eigenvalue weighted by Gasteiger charge is 2.56. The fraction of sp³-hybridized carbons (Fsp3) is 0.545. The van der Waals surface area contributed by atoms with E-state index in [4.69, 9.17) is 11.6 Å². The molecule has 17 heavy (non-hydrogen) atoms. The number of carbonyl (C=O) groups is 1. The van der Waals surface area contributed by atoms with Crippen LogP contribution in [0.2, 0.25) is 5.15 Å². The molecule has 0 bridgehead atoms. The molecule has 0 radical (unpaired) electrons. The first kappa shape index (κ1) is 10.9. The molecule has 2 heterocycles. The van der Waals surface area contributed by atoms with Gasteiger partial charge < -0.3 is 10.2 Å². The molecule has 1 saturated heterocycles. The summed E-state index contributed by atoms with van der Waals surface area (Å²) in [7, 11) is 1.83. The number of piperidine rings is 1. The number of nitrogens with zero attached hydrogens (tertiary/aromatic N) is 3. The van der Waals surface area contributed by atoms with Gasteiger partial charge >= 0.3 is 0 Å². The van der Waals surface area contributed by atoms with E-state index in [9.17, 15) is 4.79 Å². The normalized spacial score (nSPS) is 29.9. The Labute approximate surface area is 104 Å². The van der Waals surface area contributed by atoms with Crippen LogP contribution in [0.15, 0.2) is 12.4 Å². The van der Waals surface area contributed by atoms with E-state index in [1.54, 1.807) is 4.90 Å². The number of nitrogens with one attached hydrogen (secondary N) is 1. The molecular weight excluding hydrogens is 240 g/mol. The molecule has 1 aliphatic heterocycles. The summed E-state index contributed by atoms with van der Waals surface area (Å²) in [6, 6.07) is 0.362. The zero-order valence-corrected chi connectivity index (χ0v) is 10.2. The molecular formula is C11H13ClN4O. The van der Waals surface area contributed by atoms with Crippen LogP contribution in [0.5, 0.6) is 0 Å². The van der Waals surface area contributed by atoms with Crippen LogP contribution >= 0.6 is 11.6 Å². The lowest BCUT2D eigenvalue weighted by Crippen LogP contribution is -2.35. The minimum absolute atomic E-state index is 0.0754. The number of hydrogen-bond donors (Lipinski definition) is 1. The van der Waals surface area contributed by atoms with Crippen molar-refractivity contribution in [2.45, 2.75) is 6.04 Å². The zero-order chi connectivity index (χ0) is 12.0. The molecule has 0 aromatic carbocycles. The Kier molecular flexibility index (Phi) is 2.52. The van der Waals surface area contributed by atoms with Gasteiger partial charge in [0.2, 0.25) is 0 Å². The van der Waals surface area contributed by atoms with Gasteiger partial charge in [0.05, 0.1) is 12.4 Å². The SMILES string of the molecule is CN(C(=O)c1cnc(Cl)cn1)C1[C@H]2CNC[C@@H]12. The van der Waals surface area contributed by atoms with Gasteiger partial charge in [-0.3, -0.25) is 4.79 Å². The number of fused-ring (bicyclic) bond motifs is 1. The number of aromatic nitrogens is 2. The fourth-order valence-electron chi connectivity index (χ4n) is 2.70. The van der Waals surface area contributed by atoms with Gasteiger partial charge in [-0.1, -0.05) is 11.6 Å². The van der Waals surface area contributed by atoms with Crippen molar-refractivity contribution in [1.29, 1.82) is 0 Å². The first-order chi connectivity index (χ1) is 8.18. The molecule has 3 rings (SSSR count).